The molecule has 1 unspecified atom stereocenters. The molecule has 0 aliphatic carbocycles. The molecule has 340 valence electrons. The summed E-state index contributed by atoms with van der Waals surface area (Å²) in [6.07, 6.45) is 5.29. The van der Waals surface area contributed by atoms with Crippen LogP contribution in [0.4, 0.5) is 11.4 Å². The number of carbonyl (C=O) groups excluding carboxylic acids is 1. The third-order valence-corrected chi connectivity index (χ3v) is 12.1. The number of carbonyl (C=O) groups is 2. The summed E-state index contributed by atoms with van der Waals surface area (Å²) in [5.74, 6) is -1.48. The number of hydrogen-bond donors (Lipinski definition) is 5. The molecule has 2 aromatic heterocycles. The second-order valence-corrected chi connectivity index (χ2v) is 16.7. The highest BCUT2D eigenvalue weighted by Gasteiger charge is 2.24. The molecule has 0 amide bonds. The molecule has 12 nitrogen and oxygen atoms in total. The van der Waals surface area contributed by atoms with Gasteiger partial charge in [-0.1, -0.05) is 67.6 Å². The van der Waals surface area contributed by atoms with Crippen LogP contribution >= 0.6 is 0 Å². The molecular formula is C52H64N4O8. The van der Waals surface area contributed by atoms with E-state index in [2.05, 4.69) is 69.1 Å². The Balaban J connectivity index is 0.000000191. The molecule has 2 fully saturated rings. The van der Waals surface area contributed by atoms with E-state index >= 15 is 0 Å². The zero-order chi connectivity index (χ0) is 44.8. The molecule has 12 heteroatoms. The molecule has 4 aromatic carbocycles. The minimum Gasteiger partial charge on any atom is -0.481 e. The number of ether oxygens (including phenoxy) is 5. The van der Waals surface area contributed by atoms with Gasteiger partial charge in [-0.15, -0.1) is 0 Å². The predicted octanol–water partition coefficient (Wildman–Crippen LogP) is 10.3. The van der Waals surface area contributed by atoms with Crippen molar-refractivity contribution in [3.63, 3.8) is 0 Å². The second-order valence-electron chi connectivity index (χ2n) is 16.7. The van der Waals surface area contributed by atoms with Crippen molar-refractivity contribution in [2.45, 2.75) is 91.0 Å². The number of anilines is 2. The normalized spacial score (nSPS) is 15.1. The summed E-state index contributed by atoms with van der Waals surface area (Å²) >= 11 is 0. The number of fused-ring (bicyclic) bond motifs is 2. The number of carboxylic acid groups (broad SMARTS) is 1. The summed E-state index contributed by atoms with van der Waals surface area (Å²) in [7, 11) is 1.44. The van der Waals surface area contributed by atoms with Crippen molar-refractivity contribution in [3.05, 3.63) is 107 Å². The van der Waals surface area contributed by atoms with Crippen LogP contribution in [0.2, 0.25) is 0 Å². The summed E-state index contributed by atoms with van der Waals surface area (Å²) < 4.78 is 27.4. The first-order valence-corrected chi connectivity index (χ1v) is 22.9. The fourth-order valence-electron chi connectivity index (χ4n) is 8.67. The van der Waals surface area contributed by atoms with Crippen LogP contribution in [0.1, 0.15) is 75.1 Å². The fraction of sp³-hybridized carbons (Fsp3) is 0.423. The number of esters is 1. The molecular weight excluding hydrogens is 809 g/mol. The summed E-state index contributed by atoms with van der Waals surface area (Å²) in [6, 6.07) is 29.8. The Morgan fingerprint density at radius 1 is 0.703 bits per heavy atom. The first kappa shape index (κ1) is 46.3. The zero-order valence-electron chi connectivity index (χ0n) is 37.7. The minimum atomic E-state index is -0.788. The maximum atomic E-state index is 12.0. The highest BCUT2D eigenvalue weighted by atomic mass is 16.5. The molecule has 6 aromatic rings. The number of rotatable bonds is 18. The van der Waals surface area contributed by atoms with Gasteiger partial charge in [-0.25, -0.2) is 0 Å². The van der Waals surface area contributed by atoms with E-state index in [-0.39, 0.29) is 5.97 Å². The van der Waals surface area contributed by atoms with E-state index in [0.717, 1.165) is 130 Å². The van der Waals surface area contributed by atoms with Crippen LogP contribution in [0.5, 0.6) is 0 Å². The van der Waals surface area contributed by atoms with Gasteiger partial charge in [-0.3, -0.25) is 9.59 Å². The summed E-state index contributed by atoms with van der Waals surface area (Å²) in [5, 5.41) is 19.3. The van der Waals surface area contributed by atoms with Crippen molar-refractivity contribution in [1.29, 1.82) is 0 Å². The van der Waals surface area contributed by atoms with E-state index < -0.39 is 11.9 Å². The van der Waals surface area contributed by atoms with Crippen molar-refractivity contribution in [2.24, 2.45) is 5.92 Å². The van der Waals surface area contributed by atoms with E-state index in [9.17, 15) is 14.7 Å². The highest BCUT2D eigenvalue weighted by Crippen LogP contribution is 2.39. The number of carboxylic acids is 1. The van der Waals surface area contributed by atoms with E-state index in [1.54, 1.807) is 6.92 Å². The Hall–Kier alpha value is -5.66. The molecule has 0 bridgehead atoms. The van der Waals surface area contributed by atoms with E-state index in [1.165, 1.54) is 7.11 Å². The van der Waals surface area contributed by atoms with Crippen LogP contribution in [0.3, 0.4) is 0 Å². The minimum absolute atomic E-state index is 0.204. The maximum Gasteiger partial charge on any atom is 0.306 e. The van der Waals surface area contributed by atoms with Gasteiger partial charge in [0.2, 0.25) is 0 Å². The van der Waals surface area contributed by atoms with Crippen LogP contribution in [0.25, 0.3) is 44.3 Å². The Morgan fingerprint density at radius 3 is 1.59 bits per heavy atom. The van der Waals surface area contributed by atoms with Crippen molar-refractivity contribution in [1.82, 2.24) is 9.97 Å². The molecule has 0 spiro atoms. The lowest BCUT2D eigenvalue weighted by molar-refractivity contribution is -0.141. The number of methoxy groups -OCH3 is 1. The number of hydrogen-bond acceptors (Lipinski definition) is 9. The van der Waals surface area contributed by atoms with Gasteiger partial charge in [0.1, 0.15) is 0 Å². The third kappa shape index (κ3) is 11.7. The number of nitrogens with one attached hydrogen (secondary N) is 4. The lowest BCUT2D eigenvalue weighted by atomic mass is 9.95. The Kier molecular flexibility index (Phi) is 16.5. The lowest BCUT2D eigenvalue weighted by Crippen LogP contribution is -2.28. The molecule has 4 heterocycles. The Morgan fingerprint density at radius 2 is 1.16 bits per heavy atom. The number of benzene rings is 4. The SMILES string of the molecule is CCOCc1cc(NC2CCOCC2)c2[nH]c(-c3ccccc3)c(CC(C)C(=O)O)c2c1.CCOCc1cc(NC2CCOCC2)c2[nH]c(-c3ccccc3)c(CCC(=O)OC)c2c1. The molecule has 0 saturated carbocycles. The number of aliphatic carboxylic acids is 1. The summed E-state index contributed by atoms with van der Waals surface area (Å²) in [5.41, 5.74) is 12.7. The Labute approximate surface area is 376 Å². The molecule has 2 saturated heterocycles. The predicted molar refractivity (Wildman–Crippen MR) is 254 cm³/mol. The third-order valence-electron chi connectivity index (χ3n) is 12.1. The van der Waals surface area contributed by atoms with Crippen LogP contribution in [-0.4, -0.2) is 85.8 Å². The van der Waals surface area contributed by atoms with Crippen LogP contribution < -0.4 is 10.6 Å². The molecule has 2 aliphatic heterocycles. The topological polar surface area (TPSA) is 156 Å². The van der Waals surface area contributed by atoms with Crippen LogP contribution in [0, 0.1) is 5.92 Å². The quantitative estimate of drug-likeness (QED) is 0.0527. The number of H-pyrrole nitrogens is 2. The van der Waals surface area contributed by atoms with Crippen molar-refractivity contribution < 1.29 is 38.4 Å². The fourth-order valence-corrected chi connectivity index (χ4v) is 8.67. The smallest absolute Gasteiger partial charge is 0.306 e. The highest BCUT2D eigenvalue weighted by molar-refractivity contribution is 6.00. The van der Waals surface area contributed by atoms with E-state index in [1.807, 2.05) is 50.2 Å². The number of aromatic nitrogens is 2. The molecule has 2 aliphatic rings. The van der Waals surface area contributed by atoms with Crippen LogP contribution in [0.15, 0.2) is 84.9 Å². The van der Waals surface area contributed by atoms with Gasteiger partial charge >= 0.3 is 11.9 Å². The summed E-state index contributed by atoms with van der Waals surface area (Å²) in [4.78, 5) is 31.0. The van der Waals surface area contributed by atoms with Gasteiger partial charge in [0.05, 0.1) is 48.6 Å². The number of aromatic amines is 2. The second kappa shape index (κ2) is 22.8. The Bertz CT molecular complexity index is 2430. The zero-order valence-corrected chi connectivity index (χ0v) is 37.7. The molecule has 8 rings (SSSR count). The summed E-state index contributed by atoms with van der Waals surface area (Å²) in [6.45, 7) is 11.2. The van der Waals surface area contributed by atoms with Gasteiger partial charge in [0.15, 0.2) is 0 Å². The van der Waals surface area contributed by atoms with E-state index in [4.69, 9.17) is 23.7 Å². The standard InChI is InChI=1S/2C26H32N2O4/c1-3-31-16-18-14-22-21(13-17(2)26(29)30)24(19-7-5-4-6-8-19)28-25(22)23(15-18)27-20-9-11-32-12-10-20;1-3-31-17-18-15-22-21(9-10-24(29)30-2)25(19-7-5-4-6-8-19)28-26(22)23(16-18)27-20-11-13-32-14-12-20/h4-8,14-15,17,20,27-28H,3,9-13,16H2,1-2H3,(H,29,30);4-8,15-16,20,27-28H,3,9-14,17H2,1-2H3. The maximum absolute atomic E-state index is 12.0. The monoisotopic (exact) mass is 872 g/mol. The van der Waals surface area contributed by atoms with Gasteiger partial charge in [-0.05, 0) is 110 Å². The van der Waals surface area contributed by atoms with Crippen molar-refractivity contribution >= 4 is 45.1 Å². The van der Waals surface area contributed by atoms with Gasteiger partial charge in [0, 0.05) is 80.3 Å². The molecule has 5 N–H and O–H groups in total. The van der Waals surface area contributed by atoms with Crippen LogP contribution in [-0.2, 0) is 59.3 Å². The average molecular weight is 873 g/mol. The molecule has 64 heavy (non-hydrogen) atoms. The van der Waals surface area contributed by atoms with Crippen molar-refractivity contribution in [2.75, 3.05) is 57.4 Å². The van der Waals surface area contributed by atoms with E-state index in [0.29, 0.717) is 57.8 Å². The van der Waals surface area contributed by atoms with Gasteiger partial charge < -0.3 is 49.4 Å². The molecule has 0 radical (unpaired) electrons. The lowest BCUT2D eigenvalue weighted by Gasteiger charge is -2.25. The first-order valence-electron chi connectivity index (χ1n) is 22.9. The average Bonchev–Trinajstić information content (AvgIpc) is 3.89. The van der Waals surface area contributed by atoms with Gasteiger partial charge in [0.25, 0.3) is 0 Å². The first-order chi connectivity index (χ1) is 31.3. The van der Waals surface area contributed by atoms with Crippen molar-refractivity contribution in [3.8, 4) is 22.5 Å². The molecule has 1 atom stereocenters. The largest absolute Gasteiger partial charge is 0.481 e. The van der Waals surface area contributed by atoms with Gasteiger partial charge in [-0.2, -0.15) is 0 Å². The number of aryl methyl sites for hydroxylation is 1.